The maximum atomic E-state index is 12.4. The molecule has 2 heterocycles. The maximum Gasteiger partial charge on any atom is 0.256 e. The molecule has 3 rings (SSSR count). The minimum absolute atomic E-state index is 0.0479. The summed E-state index contributed by atoms with van der Waals surface area (Å²) in [6, 6.07) is 2.71. The summed E-state index contributed by atoms with van der Waals surface area (Å²) in [5.41, 5.74) is 0.801. The third-order valence-corrected chi connectivity index (χ3v) is 3.50. The molecule has 1 aromatic rings. The Kier molecular flexibility index (Phi) is 2.67. The van der Waals surface area contributed by atoms with E-state index >= 15 is 0 Å². The van der Waals surface area contributed by atoms with E-state index in [0.29, 0.717) is 24.2 Å². The van der Waals surface area contributed by atoms with E-state index in [-0.39, 0.29) is 23.4 Å². The fraction of sp³-hybridized carbons (Fsp3) is 0.385. The number of carbonyl (C=O) groups excluding carboxylic acids is 1. The summed E-state index contributed by atoms with van der Waals surface area (Å²) >= 11 is 0. The molecule has 0 aromatic heterocycles. The van der Waals surface area contributed by atoms with Crippen LogP contribution in [0, 0.1) is 0 Å². The van der Waals surface area contributed by atoms with Gasteiger partial charge >= 0.3 is 0 Å². The second-order valence-electron chi connectivity index (χ2n) is 4.73. The number of phenols is 1. The number of fused-ring (bicyclic) bond motifs is 2. The van der Waals surface area contributed by atoms with Gasteiger partial charge in [0, 0.05) is 25.2 Å². The van der Waals surface area contributed by atoms with Crippen LogP contribution in [0.5, 0.6) is 11.5 Å². The molecule has 1 fully saturated rings. The Morgan fingerprint density at radius 2 is 2.26 bits per heavy atom. The molecule has 0 spiro atoms. The zero-order valence-corrected chi connectivity index (χ0v) is 10.4. The highest BCUT2D eigenvalue weighted by Gasteiger charge is 2.36. The molecule has 0 radical (unpaired) electrons. The topological polar surface area (TPSA) is 82.4 Å². The van der Waals surface area contributed by atoms with E-state index in [1.165, 1.54) is 19.2 Å². The number of hydrogen-bond acceptors (Lipinski definition) is 5. The van der Waals surface area contributed by atoms with Crippen LogP contribution in [0.1, 0.15) is 16.8 Å². The maximum absolute atomic E-state index is 12.4. The first-order chi connectivity index (χ1) is 9.10. The summed E-state index contributed by atoms with van der Waals surface area (Å²) < 4.78 is 5.01. The van der Waals surface area contributed by atoms with Crippen LogP contribution in [0.25, 0.3) is 0 Å². The lowest BCUT2D eigenvalue weighted by atomic mass is 10.1. The lowest BCUT2D eigenvalue weighted by molar-refractivity contribution is 0.0749. The van der Waals surface area contributed by atoms with Gasteiger partial charge < -0.3 is 19.8 Å². The van der Waals surface area contributed by atoms with E-state index in [0.717, 1.165) is 0 Å². The molecule has 1 amide bonds. The number of aromatic hydroxyl groups is 1. The standard InChI is InChI=1S/C13H14N2O4/c1-19-12-3-9-10(4-11(12)17)14-5-7-2-8(16)6-15(7)13(9)18/h3-5,7-8,16-17H,2,6H2,1H3/t7-,8-/m0/s1. The zero-order valence-electron chi connectivity index (χ0n) is 10.4. The zero-order chi connectivity index (χ0) is 13.6. The lowest BCUT2D eigenvalue weighted by Gasteiger charge is -2.19. The molecule has 6 nitrogen and oxygen atoms in total. The number of benzene rings is 1. The van der Waals surface area contributed by atoms with Crippen molar-refractivity contribution in [3.05, 3.63) is 17.7 Å². The number of nitrogens with zero attached hydrogens (tertiary/aromatic N) is 2. The molecule has 2 aliphatic heterocycles. The summed E-state index contributed by atoms with van der Waals surface area (Å²) in [5, 5.41) is 19.4. The van der Waals surface area contributed by atoms with Crippen molar-refractivity contribution in [3.63, 3.8) is 0 Å². The Hall–Kier alpha value is -2.08. The molecule has 2 aliphatic rings. The number of aliphatic imine (C=N–C) groups is 1. The Morgan fingerprint density at radius 3 is 3.00 bits per heavy atom. The van der Waals surface area contributed by atoms with Crippen LogP contribution in [0.3, 0.4) is 0 Å². The van der Waals surface area contributed by atoms with Gasteiger partial charge in [-0.2, -0.15) is 0 Å². The van der Waals surface area contributed by atoms with Crippen molar-refractivity contribution < 1.29 is 19.7 Å². The second-order valence-corrected chi connectivity index (χ2v) is 4.73. The molecule has 2 atom stereocenters. The van der Waals surface area contributed by atoms with Crippen molar-refractivity contribution >= 4 is 17.8 Å². The Labute approximate surface area is 109 Å². The number of ether oxygens (including phenoxy) is 1. The highest BCUT2D eigenvalue weighted by molar-refractivity contribution is 6.03. The number of aliphatic hydroxyl groups excluding tert-OH is 1. The van der Waals surface area contributed by atoms with Crippen LogP contribution < -0.4 is 4.74 Å². The molecule has 6 heteroatoms. The SMILES string of the molecule is COc1cc2c(cc1O)N=C[C@@H]1C[C@H](O)CN1C2=O. The van der Waals surface area contributed by atoms with E-state index in [2.05, 4.69) is 4.99 Å². The minimum atomic E-state index is -0.513. The molecule has 2 N–H and O–H groups in total. The van der Waals surface area contributed by atoms with E-state index in [9.17, 15) is 15.0 Å². The molecule has 0 saturated carbocycles. The molecular formula is C13H14N2O4. The molecule has 1 aromatic carbocycles. The van der Waals surface area contributed by atoms with Crippen LogP contribution in [0.4, 0.5) is 5.69 Å². The van der Waals surface area contributed by atoms with Gasteiger partial charge in [-0.05, 0) is 6.07 Å². The summed E-state index contributed by atoms with van der Waals surface area (Å²) in [6.07, 6.45) is 1.62. The van der Waals surface area contributed by atoms with Crippen LogP contribution in [-0.4, -0.2) is 53.0 Å². The lowest BCUT2D eigenvalue weighted by Crippen LogP contribution is -2.35. The highest BCUT2D eigenvalue weighted by atomic mass is 16.5. The van der Waals surface area contributed by atoms with Gasteiger partial charge in [0.05, 0.1) is 30.5 Å². The van der Waals surface area contributed by atoms with Crippen LogP contribution in [0.15, 0.2) is 17.1 Å². The Balaban J connectivity index is 2.09. The van der Waals surface area contributed by atoms with Gasteiger partial charge in [-0.1, -0.05) is 0 Å². The highest BCUT2D eigenvalue weighted by Crippen LogP contribution is 2.37. The van der Waals surface area contributed by atoms with Gasteiger partial charge in [-0.3, -0.25) is 9.79 Å². The smallest absolute Gasteiger partial charge is 0.256 e. The Bertz CT molecular complexity index is 570. The fourth-order valence-corrected chi connectivity index (χ4v) is 2.54. The molecular weight excluding hydrogens is 248 g/mol. The number of hydrogen-bond donors (Lipinski definition) is 2. The first-order valence-electron chi connectivity index (χ1n) is 6.04. The number of carbonyl (C=O) groups is 1. The van der Waals surface area contributed by atoms with E-state index in [1.54, 1.807) is 11.1 Å². The number of amides is 1. The predicted octanol–water partition coefficient (Wildman–Crippen LogP) is 0.692. The third kappa shape index (κ3) is 1.84. The number of methoxy groups -OCH3 is 1. The van der Waals surface area contributed by atoms with Crippen LogP contribution >= 0.6 is 0 Å². The van der Waals surface area contributed by atoms with Gasteiger partial charge in [-0.25, -0.2) is 0 Å². The van der Waals surface area contributed by atoms with Gasteiger partial charge in [0.15, 0.2) is 11.5 Å². The minimum Gasteiger partial charge on any atom is -0.504 e. The second kappa shape index (κ2) is 4.24. The molecule has 19 heavy (non-hydrogen) atoms. The molecule has 0 bridgehead atoms. The summed E-state index contributed by atoms with van der Waals surface area (Å²) in [6.45, 7) is 0.304. The van der Waals surface area contributed by atoms with Crippen molar-refractivity contribution in [1.29, 1.82) is 0 Å². The third-order valence-electron chi connectivity index (χ3n) is 3.50. The van der Waals surface area contributed by atoms with Crippen LogP contribution in [-0.2, 0) is 0 Å². The normalized spacial score (nSPS) is 24.9. The first kappa shape index (κ1) is 12.0. The molecule has 0 aliphatic carbocycles. The van der Waals surface area contributed by atoms with Crippen molar-refractivity contribution in [2.24, 2.45) is 4.99 Å². The average Bonchev–Trinajstić information content (AvgIpc) is 2.71. The van der Waals surface area contributed by atoms with Crippen molar-refractivity contribution in [2.75, 3.05) is 13.7 Å². The Morgan fingerprint density at radius 1 is 1.47 bits per heavy atom. The van der Waals surface area contributed by atoms with Gasteiger partial charge in [0.2, 0.25) is 0 Å². The number of rotatable bonds is 1. The van der Waals surface area contributed by atoms with Gasteiger partial charge in [0.1, 0.15) is 0 Å². The summed E-state index contributed by atoms with van der Waals surface area (Å²) in [7, 11) is 1.42. The largest absolute Gasteiger partial charge is 0.504 e. The van der Waals surface area contributed by atoms with Crippen LogP contribution in [0.2, 0.25) is 0 Å². The van der Waals surface area contributed by atoms with E-state index in [4.69, 9.17) is 4.74 Å². The average molecular weight is 262 g/mol. The number of phenolic OH excluding ortho intramolecular Hbond substituents is 1. The van der Waals surface area contributed by atoms with Gasteiger partial charge in [0.25, 0.3) is 5.91 Å². The van der Waals surface area contributed by atoms with Gasteiger partial charge in [-0.15, -0.1) is 0 Å². The first-order valence-corrected chi connectivity index (χ1v) is 6.04. The van der Waals surface area contributed by atoms with Crippen molar-refractivity contribution in [3.8, 4) is 11.5 Å². The monoisotopic (exact) mass is 262 g/mol. The summed E-state index contributed by atoms with van der Waals surface area (Å²) in [5.74, 6) is -0.0128. The van der Waals surface area contributed by atoms with E-state index in [1.807, 2.05) is 0 Å². The molecule has 100 valence electrons. The predicted molar refractivity (Wildman–Crippen MR) is 68.3 cm³/mol. The van der Waals surface area contributed by atoms with Crippen molar-refractivity contribution in [1.82, 2.24) is 4.90 Å². The quantitative estimate of drug-likeness (QED) is 0.780. The van der Waals surface area contributed by atoms with E-state index < -0.39 is 6.10 Å². The molecule has 1 saturated heterocycles. The number of aliphatic hydroxyl groups is 1. The summed E-state index contributed by atoms with van der Waals surface area (Å²) in [4.78, 5) is 18.3. The molecule has 0 unspecified atom stereocenters. The fourth-order valence-electron chi connectivity index (χ4n) is 2.54. The van der Waals surface area contributed by atoms with Crippen molar-refractivity contribution in [2.45, 2.75) is 18.6 Å².